The molecule has 0 aromatic carbocycles. The van der Waals surface area contributed by atoms with Gasteiger partial charge in [0.05, 0.1) is 12.2 Å². The molecule has 0 amide bonds. The van der Waals surface area contributed by atoms with E-state index in [1.807, 2.05) is 12.1 Å². The van der Waals surface area contributed by atoms with E-state index in [0.29, 0.717) is 4.99 Å². The van der Waals surface area contributed by atoms with Crippen LogP contribution in [0, 0.1) is 0 Å². The van der Waals surface area contributed by atoms with Gasteiger partial charge in [-0.05, 0) is 18.6 Å². The predicted octanol–water partition coefficient (Wildman–Crippen LogP) is 0.942. The topological polar surface area (TPSA) is 51.4 Å². The van der Waals surface area contributed by atoms with Crippen molar-refractivity contribution in [3.05, 3.63) is 23.9 Å². The van der Waals surface area contributed by atoms with Crippen molar-refractivity contribution < 1.29 is 4.74 Å². The summed E-state index contributed by atoms with van der Waals surface area (Å²) in [4.78, 5) is 6.95. The number of hydrogen-bond donors (Lipinski definition) is 1. The third-order valence-electron chi connectivity index (χ3n) is 2.57. The highest BCUT2D eigenvalue weighted by Crippen LogP contribution is 2.18. The lowest BCUT2D eigenvalue weighted by Crippen LogP contribution is -2.29. The van der Waals surface area contributed by atoms with Gasteiger partial charge in [-0.25, -0.2) is 4.98 Å². The number of ether oxygens (including phenoxy) is 1. The Kier molecular flexibility index (Phi) is 3.69. The van der Waals surface area contributed by atoms with Crippen LogP contribution in [0.2, 0.25) is 0 Å². The number of hydrogen-bond acceptors (Lipinski definition) is 4. The molecule has 2 N–H and O–H groups in total. The molecule has 1 fully saturated rings. The predicted molar refractivity (Wildman–Crippen MR) is 67.8 cm³/mol. The van der Waals surface area contributed by atoms with Gasteiger partial charge in [0.2, 0.25) is 0 Å². The van der Waals surface area contributed by atoms with Crippen LogP contribution in [0.25, 0.3) is 0 Å². The molecule has 0 radical (unpaired) electrons. The fraction of sp³-hybridized carbons (Fsp3) is 0.455. The van der Waals surface area contributed by atoms with Crippen molar-refractivity contribution in [2.45, 2.75) is 6.42 Å². The quantitative estimate of drug-likeness (QED) is 0.776. The van der Waals surface area contributed by atoms with Gasteiger partial charge in [0, 0.05) is 25.9 Å². The Hall–Kier alpha value is -1.20. The van der Waals surface area contributed by atoms with Crippen LogP contribution < -0.4 is 10.6 Å². The van der Waals surface area contributed by atoms with Crippen molar-refractivity contribution in [1.82, 2.24) is 4.98 Å². The van der Waals surface area contributed by atoms with Gasteiger partial charge in [-0.15, -0.1) is 0 Å². The largest absolute Gasteiger partial charge is 0.389 e. The summed E-state index contributed by atoms with van der Waals surface area (Å²) in [5.41, 5.74) is 6.54. The molecule has 5 heteroatoms. The highest BCUT2D eigenvalue weighted by Gasteiger charge is 2.15. The lowest BCUT2D eigenvalue weighted by Gasteiger charge is -2.22. The highest BCUT2D eigenvalue weighted by molar-refractivity contribution is 7.80. The van der Waals surface area contributed by atoms with Crippen LogP contribution in [0.15, 0.2) is 18.3 Å². The van der Waals surface area contributed by atoms with Crippen LogP contribution in [0.3, 0.4) is 0 Å². The van der Waals surface area contributed by atoms with E-state index in [9.17, 15) is 0 Å². The molecule has 4 nitrogen and oxygen atoms in total. The Morgan fingerprint density at radius 1 is 1.44 bits per heavy atom. The van der Waals surface area contributed by atoms with E-state index in [-0.39, 0.29) is 0 Å². The first-order chi connectivity index (χ1) is 7.79. The second-order valence-corrected chi connectivity index (χ2v) is 4.13. The minimum absolute atomic E-state index is 0.397. The molecular formula is C11H15N3OS. The molecule has 0 bridgehead atoms. The average molecular weight is 237 g/mol. The van der Waals surface area contributed by atoms with E-state index in [4.69, 9.17) is 22.7 Å². The molecular weight excluding hydrogens is 222 g/mol. The van der Waals surface area contributed by atoms with Crippen molar-refractivity contribution in [1.29, 1.82) is 0 Å². The summed E-state index contributed by atoms with van der Waals surface area (Å²) in [6.45, 7) is 3.32. The number of rotatable bonds is 2. The number of thiocarbonyl (C=S) groups is 1. The second kappa shape index (κ2) is 5.23. The summed E-state index contributed by atoms with van der Waals surface area (Å²) < 4.78 is 5.41. The summed E-state index contributed by atoms with van der Waals surface area (Å²) in [5, 5.41) is 0. The maximum atomic E-state index is 5.69. The first-order valence-corrected chi connectivity index (χ1v) is 5.77. The van der Waals surface area contributed by atoms with Crippen molar-refractivity contribution in [3.8, 4) is 0 Å². The molecule has 0 unspecified atom stereocenters. The Bertz CT molecular complexity index is 375. The summed E-state index contributed by atoms with van der Waals surface area (Å²) in [5.74, 6) is 0.875. The number of nitrogens with zero attached hydrogens (tertiary/aromatic N) is 2. The fourth-order valence-corrected chi connectivity index (χ4v) is 1.96. The van der Waals surface area contributed by atoms with Crippen molar-refractivity contribution >= 4 is 23.0 Å². The SMILES string of the molecule is NC(=S)c1cccnc1N1CCCOCC1. The zero-order valence-corrected chi connectivity index (χ0v) is 9.87. The molecule has 2 rings (SSSR count). The summed E-state index contributed by atoms with van der Waals surface area (Å²) in [7, 11) is 0. The van der Waals surface area contributed by atoms with E-state index in [1.54, 1.807) is 6.20 Å². The molecule has 1 saturated heterocycles. The summed E-state index contributed by atoms with van der Waals surface area (Å²) in [6, 6.07) is 3.77. The number of pyridine rings is 1. The molecule has 86 valence electrons. The second-order valence-electron chi connectivity index (χ2n) is 3.69. The van der Waals surface area contributed by atoms with E-state index in [1.165, 1.54) is 0 Å². The zero-order valence-electron chi connectivity index (χ0n) is 9.06. The van der Waals surface area contributed by atoms with Crippen molar-refractivity contribution in [2.24, 2.45) is 5.73 Å². The molecule has 1 aromatic rings. The molecule has 16 heavy (non-hydrogen) atoms. The van der Waals surface area contributed by atoms with Gasteiger partial charge < -0.3 is 15.4 Å². The molecule has 0 atom stereocenters. The maximum Gasteiger partial charge on any atom is 0.138 e. The van der Waals surface area contributed by atoms with E-state index < -0.39 is 0 Å². The van der Waals surface area contributed by atoms with Gasteiger partial charge in [0.25, 0.3) is 0 Å². The van der Waals surface area contributed by atoms with Crippen LogP contribution in [0.4, 0.5) is 5.82 Å². The molecule has 1 aliphatic heterocycles. The Labute approximate surface area is 100 Å². The number of anilines is 1. The van der Waals surface area contributed by atoms with Gasteiger partial charge in [0.15, 0.2) is 0 Å². The van der Waals surface area contributed by atoms with Crippen LogP contribution in [0.5, 0.6) is 0 Å². The first kappa shape index (κ1) is 11.3. The zero-order chi connectivity index (χ0) is 11.4. The maximum absolute atomic E-state index is 5.69. The molecule has 0 saturated carbocycles. The molecule has 1 aromatic heterocycles. The van der Waals surface area contributed by atoms with Gasteiger partial charge in [-0.2, -0.15) is 0 Å². The fourth-order valence-electron chi connectivity index (χ4n) is 1.80. The summed E-state index contributed by atoms with van der Waals surface area (Å²) in [6.07, 6.45) is 2.77. The monoisotopic (exact) mass is 237 g/mol. The first-order valence-electron chi connectivity index (χ1n) is 5.36. The summed E-state index contributed by atoms with van der Waals surface area (Å²) >= 11 is 5.03. The molecule has 1 aliphatic rings. The third-order valence-corrected chi connectivity index (χ3v) is 2.79. The Morgan fingerprint density at radius 3 is 3.12 bits per heavy atom. The lowest BCUT2D eigenvalue weighted by molar-refractivity contribution is 0.152. The number of aromatic nitrogens is 1. The highest BCUT2D eigenvalue weighted by atomic mass is 32.1. The Balaban J connectivity index is 2.27. The van der Waals surface area contributed by atoms with Crippen LogP contribution >= 0.6 is 12.2 Å². The van der Waals surface area contributed by atoms with Gasteiger partial charge in [0.1, 0.15) is 10.8 Å². The van der Waals surface area contributed by atoms with Gasteiger partial charge in [-0.1, -0.05) is 12.2 Å². The lowest BCUT2D eigenvalue weighted by atomic mass is 10.2. The van der Waals surface area contributed by atoms with Crippen LogP contribution in [-0.2, 0) is 4.74 Å². The minimum Gasteiger partial charge on any atom is -0.389 e. The molecule has 0 aliphatic carbocycles. The van der Waals surface area contributed by atoms with Crippen molar-refractivity contribution in [3.63, 3.8) is 0 Å². The smallest absolute Gasteiger partial charge is 0.138 e. The molecule has 2 heterocycles. The van der Waals surface area contributed by atoms with Crippen molar-refractivity contribution in [2.75, 3.05) is 31.2 Å². The average Bonchev–Trinajstić information content (AvgIpc) is 2.57. The van der Waals surface area contributed by atoms with E-state index in [2.05, 4.69) is 9.88 Å². The normalized spacial score (nSPS) is 16.9. The van der Waals surface area contributed by atoms with E-state index >= 15 is 0 Å². The minimum atomic E-state index is 0.397. The third kappa shape index (κ3) is 2.48. The standard InChI is InChI=1S/C11H15N3OS/c12-10(16)9-3-1-4-13-11(9)14-5-2-7-15-8-6-14/h1,3-4H,2,5-8H2,(H2,12,16). The van der Waals surface area contributed by atoms with Crippen LogP contribution in [0.1, 0.15) is 12.0 Å². The van der Waals surface area contributed by atoms with Gasteiger partial charge >= 0.3 is 0 Å². The van der Waals surface area contributed by atoms with Crippen LogP contribution in [-0.4, -0.2) is 36.3 Å². The van der Waals surface area contributed by atoms with Gasteiger partial charge in [-0.3, -0.25) is 0 Å². The molecule has 0 spiro atoms. The number of nitrogens with two attached hydrogens (primary N) is 1. The Morgan fingerprint density at radius 2 is 2.31 bits per heavy atom. The van der Waals surface area contributed by atoms with E-state index in [0.717, 1.165) is 44.1 Å².